The second-order valence-electron chi connectivity index (χ2n) is 5.02. The molecule has 20 heavy (non-hydrogen) atoms. The molecule has 0 saturated carbocycles. The second-order valence-corrected chi connectivity index (χ2v) is 5.02. The van der Waals surface area contributed by atoms with E-state index in [2.05, 4.69) is 21.6 Å². The van der Waals surface area contributed by atoms with Crippen LogP contribution in [0.4, 0.5) is 16.2 Å². The second kappa shape index (κ2) is 7.75. The first-order valence-corrected chi connectivity index (χ1v) is 7.31. The maximum atomic E-state index is 11.8. The highest BCUT2D eigenvalue weighted by atomic mass is 16.3. The van der Waals surface area contributed by atoms with Gasteiger partial charge in [0.15, 0.2) is 0 Å². The summed E-state index contributed by atoms with van der Waals surface area (Å²) in [6.07, 6.45) is 4.27. The van der Waals surface area contributed by atoms with Crippen LogP contribution in [-0.4, -0.2) is 37.4 Å². The summed E-state index contributed by atoms with van der Waals surface area (Å²) in [4.78, 5) is 14.1. The number of nitrogens with one attached hydrogen (secondary N) is 2. The fourth-order valence-corrected chi connectivity index (χ4v) is 2.44. The number of piperidine rings is 1. The average Bonchev–Trinajstić information content (AvgIpc) is 2.49. The van der Waals surface area contributed by atoms with Gasteiger partial charge >= 0.3 is 6.03 Å². The Balaban J connectivity index is 1.98. The lowest BCUT2D eigenvalue weighted by Crippen LogP contribution is -2.33. The summed E-state index contributed by atoms with van der Waals surface area (Å²) >= 11 is 0. The predicted octanol–water partition coefficient (Wildman–Crippen LogP) is 2.18. The van der Waals surface area contributed by atoms with Crippen molar-refractivity contribution in [3.8, 4) is 0 Å². The van der Waals surface area contributed by atoms with Crippen molar-refractivity contribution in [1.82, 2.24) is 5.32 Å². The molecule has 1 aliphatic heterocycles. The Morgan fingerprint density at radius 2 is 1.95 bits per heavy atom. The van der Waals surface area contributed by atoms with Crippen molar-refractivity contribution in [3.05, 3.63) is 24.3 Å². The first-order valence-electron chi connectivity index (χ1n) is 7.31. The molecule has 0 bridgehead atoms. The summed E-state index contributed by atoms with van der Waals surface area (Å²) in [5.41, 5.74) is 1.93. The van der Waals surface area contributed by atoms with Gasteiger partial charge in [-0.15, -0.1) is 0 Å². The molecule has 0 radical (unpaired) electrons. The van der Waals surface area contributed by atoms with E-state index in [1.165, 1.54) is 19.3 Å². The quantitative estimate of drug-likeness (QED) is 0.723. The Labute approximate surface area is 120 Å². The van der Waals surface area contributed by atoms with Gasteiger partial charge in [0, 0.05) is 26.2 Å². The zero-order valence-electron chi connectivity index (χ0n) is 11.8. The van der Waals surface area contributed by atoms with Crippen LogP contribution in [0.25, 0.3) is 0 Å². The molecule has 2 amide bonds. The zero-order chi connectivity index (χ0) is 14.2. The van der Waals surface area contributed by atoms with Crippen molar-refractivity contribution < 1.29 is 9.90 Å². The van der Waals surface area contributed by atoms with E-state index in [1.807, 2.05) is 18.2 Å². The summed E-state index contributed by atoms with van der Waals surface area (Å²) < 4.78 is 0. The molecule has 3 N–H and O–H groups in total. The van der Waals surface area contributed by atoms with E-state index in [-0.39, 0.29) is 12.6 Å². The van der Waals surface area contributed by atoms with Crippen molar-refractivity contribution in [3.63, 3.8) is 0 Å². The molecule has 0 spiro atoms. The van der Waals surface area contributed by atoms with E-state index >= 15 is 0 Å². The van der Waals surface area contributed by atoms with Gasteiger partial charge in [-0.05, 0) is 37.8 Å². The zero-order valence-corrected chi connectivity index (χ0v) is 11.8. The lowest BCUT2D eigenvalue weighted by Gasteiger charge is -2.30. The van der Waals surface area contributed by atoms with Crippen LogP contribution in [0.5, 0.6) is 0 Å². The van der Waals surface area contributed by atoms with E-state index in [4.69, 9.17) is 5.11 Å². The van der Waals surface area contributed by atoms with E-state index in [0.717, 1.165) is 24.5 Å². The first kappa shape index (κ1) is 14.7. The lowest BCUT2D eigenvalue weighted by molar-refractivity contribution is 0.249. The SMILES string of the molecule is O=C(NCCCO)Nc1ccccc1N1CCCCC1. The van der Waals surface area contributed by atoms with Crippen LogP contribution >= 0.6 is 0 Å². The summed E-state index contributed by atoms with van der Waals surface area (Å²) in [7, 11) is 0. The van der Waals surface area contributed by atoms with Crippen molar-refractivity contribution in [1.29, 1.82) is 0 Å². The molecular formula is C15H23N3O2. The standard InChI is InChI=1S/C15H23N3O2/c19-12-6-9-16-15(20)17-13-7-2-3-8-14(13)18-10-4-1-5-11-18/h2-3,7-8,19H,1,4-6,9-12H2,(H2,16,17,20). The lowest BCUT2D eigenvalue weighted by atomic mass is 10.1. The van der Waals surface area contributed by atoms with Gasteiger partial charge in [-0.25, -0.2) is 4.79 Å². The van der Waals surface area contributed by atoms with E-state index in [1.54, 1.807) is 0 Å². The fraction of sp³-hybridized carbons (Fsp3) is 0.533. The molecule has 0 aromatic heterocycles. The fourth-order valence-electron chi connectivity index (χ4n) is 2.44. The van der Waals surface area contributed by atoms with Crippen LogP contribution in [0.3, 0.4) is 0 Å². The molecular weight excluding hydrogens is 254 g/mol. The molecule has 5 heteroatoms. The number of nitrogens with zero attached hydrogens (tertiary/aromatic N) is 1. The Hall–Kier alpha value is -1.75. The van der Waals surface area contributed by atoms with Crippen molar-refractivity contribution in [2.45, 2.75) is 25.7 Å². The van der Waals surface area contributed by atoms with E-state index < -0.39 is 0 Å². The number of anilines is 2. The average molecular weight is 277 g/mol. The number of aliphatic hydroxyl groups is 1. The van der Waals surface area contributed by atoms with Gasteiger partial charge in [0.25, 0.3) is 0 Å². The number of hydrogen-bond acceptors (Lipinski definition) is 3. The third-order valence-electron chi connectivity index (χ3n) is 3.47. The molecule has 1 aromatic rings. The largest absolute Gasteiger partial charge is 0.396 e. The number of carbonyl (C=O) groups excluding carboxylic acids is 1. The normalized spacial score (nSPS) is 14.9. The van der Waals surface area contributed by atoms with Crippen LogP contribution in [0.2, 0.25) is 0 Å². The molecule has 0 aliphatic carbocycles. The van der Waals surface area contributed by atoms with Gasteiger partial charge in [-0.3, -0.25) is 0 Å². The Bertz CT molecular complexity index is 431. The topological polar surface area (TPSA) is 64.6 Å². The van der Waals surface area contributed by atoms with Gasteiger partial charge in [0.05, 0.1) is 11.4 Å². The minimum atomic E-state index is -0.220. The number of hydrogen-bond donors (Lipinski definition) is 3. The molecule has 5 nitrogen and oxygen atoms in total. The Morgan fingerprint density at radius 1 is 1.20 bits per heavy atom. The number of benzene rings is 1. The summed E-state index contributed by atoms with van der Waals surface area (Å²) in [6.45, 7) is 2.66. The molecule has 1 fully saturated rings. The Morgan fingerprint density at radius 3 is 2.70 bits per heavy atom. The maximum Gasteiger partial charge on any atom is 0.319 e. The van der Waals surface area contributed by atoms with Crippen LogP contribution in [0.1, 0.15) is 25.7 Å². The van der Waals surface area contributed by atoms with Crippen LogP contribution in [-0.2, 0) is 0 Å². The predicted molar refractivity (Wildman–Crippen MR) is 81.2 cm³/mol. The van der Waals surface area contributed by atoms with E-state index in [9.17, 15) is 4.79 Å². The minimum absolute atomic E-state index is 0.0879. The molecule has 1 heterocycles. The van der Waals surface area contributed by atoms with E-state index in [0.29, 0.717) is 13.0 Å². The number of carbonyl (C=O) groups is 1. The highest BCUT2D eigenvalue weighted by molar-refractivity contribution is 5.93. The van der Waals surface area contributed by atoms with Gasteiger partial charge < -0.3 is 20.6 Å². The van der Waals surface area contributed by atoms with Crippen molar-refractivity contribution >= 4 is 17.4 Å². The Kier molecular flexibility index (Phi) is 5.68. The molecule has 0 unspecified atom stereocenters. The summed E-state index contributed by atoms with van der Waals surface area (Å²) in [6, 6.07) is 7.68. The van der Waals surface area contributed by atoms with Crippen molar-refractivity contribution in [2.75, 3.05) is 36.5 Å². The van der Waals surface area contributed by atoms with Gasteiger partial charge in [-0.2, -0.15) is 0 Å². The molecule has 1 aromatic carbocycles. The number of rotatable bonds is 5. The highest BCUT2D eigenvalue weighted by Crippen LogP contribution is 2.28. The van der Waals surface area contributed by atoms with Crippen molar-refractivity contribution in [2.24, 2.45) is 0 Å². The van der Waals surface area contributed by atoms with Gasteiger partial charge in [-0.1, -0.05) is 12.1 Å². The minimum Gasteiger partial charge on any atom is -0.396 e. The third kappa shape index (κ3) is 4.13. The maximum absolute atomic E-state index is 11.8. The van der Waals surface area contributed by atoms with Gasteiger partial charge in [0.2, 0.25) is 0 Å². The third-order valence-corrected chi connectivity index (χ3v) is 3.47. The molecule has 110 valence electrons. The van der Waals surface area contributed by atoms with Crippen LogP contribution in [0.15, 0.2) is 24.3 Å². The number of para-hydroxylation sites is 2. The number of urea groups is 1. The smallest absolute Gasteiger partial charge is 0.319 e. The molecule has 1 aliphatic rings. The highest BCUT2D eigenvalue weighted by Gasteiger charge is 2.15. The molecule has 2 rings (SSSR count). The summed E-state index contributed by atoms with van der Waals surface area (Å²) in [5, 5.41) is 14.3. The van der Waals surface area contributed by atoms with Gasteiger partial charge in [0.1, 0.15) is 0 Å². The number of aliphatic hydroxyl groups excluding tert-OH is 1. The number of amides is 2. The summed E-state index contributed by atoms with van der Waals surface area (Å²) in [5.74, 6) is 0. The first-order chi connectivity index (χ1) is 9.81. The monoisotopic (exact) mass is 277 g/mol. The van der Waals surface area contributed by atoms with Crippen LogP contribution < -0.4 is 15.5 Å². The molecule has 0 atom stereocenters. The molecule has 1 saturated heterocycles. The van der Waals surface area contributed by atoms with Crippen LogP contribution in [0, 0.1) is 0 Å².